The smallest absolute Gasteiger partial charge is 0.258 e. The van der Waals surface area contributed by atoms with Crippen LogP contribution in [-0.2, 0) is 17.0 Å². The quantitative estimate of drug-likeness (QED) is 0.645. The number of carbonyl (C=O) groups excluding carboxylic acids is 2. The number of benzene rings is 1. The van der Waals surface area contributed by atoms with Crippen LogP contribution in [0.4, 0.5) is 11.4 Å². The minimum absolute atomic E-state index is 0.0835. The Kier molecular flexibility index (Phi) is 5.28. The van der Waals surface area contributed by atoms with E-state index in [1.54, 1.807) is 11.3 Å². The van der Waals surface area contributed by atoms with Gasteiger partial charge in [-0.3, -0.25) is 9.59 Å². The van der Waals surface area contributed by atoms with Gasteiger partial charge in [0.15, 0.2) is 0 Å². The molecule has 2 N–H and O–H groups in total. The van der Waals surface area contributed by atoms with Crippen LogP contribution < -0.4 is 10.6 Å². The van der Waals surface area contributed by atoms with Gasteiger partial charge in [0.2, 0.25) is 5.91 Å². The molecule has 0 spiro atoms. The summed E-state index contributed by atoms with van der Waals surface area (Å²) in [6.07, 6.45) is 4.88. The molecule has 0 fully saturated rings. The number of anilines is 2. The van der Waals surface area contributed by atoms with E-state index in [1.165, 1.54) is 17.4 Å². The minimum Gasteiger partial charge on any atom is -0.326 e. The molecule has 0 unspecified atom stereocenters. The van der Waals surface area contributed by atoms with Gasteiger partial charge in [0.25, 0.3) is 5.91 Å². The van der Waals surface area contributed by atoms with E-state index in [1.807, 2.05) is 66.0 Å². The van der Waals surface area contributed by atoms with Crippen molar-refractivity contribution in [2.24, 2.45) is 0 Å². The van der Waals surface area contributed by atoms with Crippen LogP contribution in [-0.4, -0.2) is 22.1 Å². The molecule has 144 valence electrons. The summed E-state index contributed by atoms with van der Waals surface area (Å²) in [5.74, 6) is 1.81. The average molecular weight is 412 g/mol. The molecule has 0 saturated carbocycles. The molecule has 4 rings (SSSR count). The van der Waals surface area contributed by atoms with E-state index >= 15 is 0 Å². The summed E-state index contributed by atoms with van der Waals surface area (Å²) in [4.78, 5) is 25.8. The topological polar surface area (TPSA) is 63.1 Å². The molecule has 0 aliphatic carbocycles. The second-order valence-corrected chi connectivity index (χ2v) is 8.93. The van der Waals surface area contributed by atoms with Crippen LogP contribution in [0.5, 0.6) is 0 Å². The van der Waals surface area contributed by atoms with Gasteiger partial charge in [-0.15, -0.1) is 11.3 Å². The van der Waals surface area contributed by atoms with Gasteiger partial charge in [-0.25, -0.2) is 0 Å². The number of aromatic nitrogens is 1. The number of thioether (sulfide) groups is 1. The number of carbonyl (C=O) groups is 2. The van der Waals surface area contributed by atoms with Crippen molar-refractivity contribution >= 4 is 46.3 Å². The Balaban J connectivity index is 1.66. The van der Waals surface area contributed by atoms with Crippen LogP contribution in [0.15, 0.2) is 42.7 Å². The van der Waals surface area contributed by atoms with Gasteiger partial charge in [-0.1, -0.05) is 0 Å². The molecule has 0 atom stereocenters. The van der Waals surface area contributed by atoms with Crippen LogP contribution in [0.1, 0.15) is 33.3 Å². The largest absolute Gasteiger partial charge is 0.326 e. The van der Waals surface area contributed by atoms with Gasteiger partial charge in [-0.05, 0) is 60.6 Å². The molecule has 3 heterocycles. The van der Waals surface area contributed by atoms with Gasteiger partial charge >= 0.3 is 0 Å². The molecule has 0 saturated heterocycles. The summed E-state index contributed by atoms with van der Waals surface area (Å²) >= 11 is 3.62. The van der Waals surface area contributed by atoms with Crippen LogP contribution in [0, 0.1) is 6.92 Å². The first-order valence-electron chi connectivity index (χ1n) is 9.08. The highest BCUT2D eigenvalue weighted by Gasteiger charge is 2.26. The van der Waals surface area contributed by atoms with Crippen LogP contribution in [0.25, 0.3) is 5.00 Å². The molecule has 5 nitrogen and oxygen atoms in total. The first-order valence-corrected chi connectivity index (χ1v) is 11.1. The SMILES string of the molecule is CC(=O)Nc1ccc(NC(=O)c2c(-n3cccc3)sc3c2CCSC3)cc1C. The fraction of sp³-hybridized carbons (Fsp3) is 0.238. The normalized spacial score (nSPS) is 13.1. The number of thiophene rings is 1. The summed E-state index contributed by atoms with van der Waals surface area (Å²) in [5.41, 5.74) is 4.34. The first kappa shape index (κ1) is 18.8. The first-order chi connectivity index (χ1) is 13.5. The Morgan fingerprint density at radius 2 is 1.93 bits per heavy atom. The van der Waals surface area contributed by atoms with Crippen LogP contribution in [0.2, 0.25) is 0 Å². The summed E-state index contributed by atoms with van der Waals surface area (Å²) in [6.45, 7) is 3.39. The minimum atomic E-state index is -0.112. The number of hydrogen-bond donors (Lipinski definition) is 2. The molecule has 0 radical (unpaired) electrons. The fourth-order valence-electron chi connectivity index (χ4n) is 3.37. The van der Waals surface area contributed by atoms with E-state index in [2.05, 4.69) is 10.6 Å². The van der Waals surface area contributed by atoms with Crippen molar-refractivity contribution in [3.63, 3.8) is 0 Å². The fourth-order valence-corrected chi connectivity index (χ4v) is 5.81. The zero-order chi connectivity index (χ0) is 19.7. The van der Waals surface area contributed by atoms with Crippen molar-refractivity contribution in [1.82, 2.24) is 4.57 Å². The maximum absolute atomic E-state index is 13.2. The predicted molar refractivity (Wildman–Crippen MR) is 117 cm³/mol. The third-order valence-electron chi connectivity index (χ3n) is 4.66. The van der Waals surface area contributed by atoms with E-state index < -0.39 is 0 Å². The van der Waals surface area contributed by atoms with E-state index in [9.17, 15) is 9.59 Å². The molecule has 28 heavy (non-hydrogen) atoms. The molecule has 7 heteroatoms. The molecule has 2 amide bonds. The standard InChI is InChI=1S/C21H21N3O2S2/c1-13-11-15(5-6-17(13)22-14(2)25)23-20(26)19-16-7-10-27-12-18(16)28-21(19)24-8-3-4-9-24/h3-6,8-9,11H,7,10,12H2,1-2H3,(H,22,25)(H,23,26). The zero-order valence-electron chi connectivity index (χ0n) is 15.7. The van der Waals surface area contributed by atoms with Crippen molar-refractivity contribution in [3.05, 3.63) is 64.3 Å². The van der Waals surface area contributed by atoms with Crippen LogP contribution in [0.3, 0.4) is 0 Å². The van der Waals surface area contributed by atoms with Gasteiger partial charge in [0.05, 0.1) is 5.56 Å². The van der Waals surface area contributed by atoms with E-state index in [-0.39, 0.29) is 11.8 Å². The van der Waals surface area contributed by atoms with E-state index in [0.717, 1.165) is 45.4 Å². The zero-order valence-corrected chi connectivity index (χ0v) is 17.4. The summed E-state index contributed by atoms with van der Waals surface area (Å²) in [7, 11) is 0. The molecular formula is C21H21N3O2S2. The third kappa shape index (κ3) is 3.72. The molecular weight excluding hydrogens is 390 g/mol. The highest BCUT2D eigenvalue weighted by atomic mass is 32.2. The van der Waals surface area contributed by atoms with Gasteiger partial charge in [-0.2, -0.15) is 11.8 Å². The van der Waals surface area contributed by atoms with Crippen molar-refractivity contribution in [2.75, 3.05) is 16.4 Å². The third-order valence-corrected chi connectivity index (χ3v) is 7.08. The highest BCUT2D eigenvalue weighted by molar-refractivity contribution is 7.98. The Morgan fingerprint density at radius 1 is 1.14 bits per heavy atom. The number of nitrogens with zero attached hydrogens (tertiary/aromatic N) is 1. The van der Waals surface area contributed by atoms with Crippen LogP contribution >= 0.6 is 23.1 Å². The van der Waals surface area contributed by atoms with Crippen molar-refractivity contribution in [3.8, 4) is 5.00 Å². The van der Waals surface area contributed by atoms with Crippen molar-refractivity contribution in [1.29, 1.82) is 0 Å². The Morgan fingerprint density at radius 3 is 2.64 bits per heavy atom. The number of hydrogen-bond acceptors (Lipinski definition) is 4. The summed E-state index contributed by atoms with van der Waals surface area (Å²) < 4.78 is 2.02. The number of rotatable bonds is 4. The molecule has 1 aromatic carbocycles. The number of amides is 2. The van der Waals surface area contributed by atoms with Crippen molar-refractivity contribution in [2.45, 2.75) is 26.0 Å². The lowest BCUT2D eigenvalue weighted by molar-refractivity contribution is -0.114. The lowest BCUT2D eigenvalue weighted by Gasteiger charge is -2.14. The summed E-state index contributed by atoms with van der Waals surface area (Å²) in [5, 5.41) is 6.82. The monoisotopic (exact) mass is 411 g/mol. The Labute approximate surface area is 172 Å². The molecule has 3 aromatic rings. The lowest BCUT2D eigenvalue weighted by atomic mass is 10.1. The number of nitrogens with one attached hydrogen (secondary N) is 2. The molecule has 1 aliphatic heterocycles. The number of aryl methyl sites for hydroxylation is 1. The molecule has 1 aliphatic rings. The maximum Gasteiger partial charge on any atom is 0.258 e. The highest BCUT2D eigenvalue weighted by Crippen LogP contribution is 2.38. The molecule has 2 aromatic heterocycles. The Hall–Kier alpha value is -2.51. The van der Waals surface area contributed by atoms with E-state index in [0.29, 0.717) is 0 Å². The van der Waals surface area contributed by atoms with E-state index in [4.69, 9.17) is 0 Å². The molecule has 0 bridgehead atoms. The lowest BCUT2D eigenvalue weighted by Crippen LogP contribution is -2.17. The Bertz CT molecular complexity index is 1040. The van der Waals surface area contributed by atoms with Gasteiger partial charge in [0, 0.05) is 41.3 Å². The summed E-state index contributed by atoms with van der Waals surface area (Å²) in [6, 6.07) is 9.46. The van der Waals surface area contributed by atoms with Crippen molar-refractivity contribution < 1.29 is 9.59 Å². The second kappa shape index (κ2) is 7.85. The second-order valence-electron chi connectivity index (χ2n) is 6.74. The average Bonchev–Trinajstić information content (AvgIpc) is 3.30. The maximum atomic E-state index is 13.2. The van der Waals surface area contributed by atoms with Gasteiger partial charge < -0.3 is 15.2 Å². The predicted octanol–water partition coefficient (Wildman–Crippen LogP) is 4.85. The number of fused-ring (bicyclic) bond motifs is 1. The van der Waals surface area contributed by atoms with Gasteiger partial charge in [0.1, 0.15) is 5.00 Å².